The number of amides is 1. The molecule has 138 valence electrons. The number of piperazine rings is 1. The lowest BCUT2D eigenvalue weighted by Gasteiger charge is -2.35. The summed E-state index contributed by atoms with van der Waals surface area (Å²) in [5, 5.41) is 0. The Kier molecular flexibility index (Phi) is 6.26. The van der Waals surface area contributed by atoms with Gasteiger partial charge in [0.05, 0.1) is 0 Å². The Balaban J connectivity index is 1.41. The van der Waals surface area contributed by atoms with Gasteiger partial charge in [0, 0.05) is 57.1 Å². The normalized spacial score (nSPS) is 15.4. The minimum Gasteiger partial charge on any atom is -0.399 e. The van der Waals surface area contributed by atoms with Gasteiger partial charge in [-0.05, 0) is 30.8 Å². The van der Waals surface area contributed by atoms with Crippen LogP contribution in [0.1, 0.15) is 15.9 Å². The summed E-state index contributed by atoms with van der Waals surface area (Å²) in [7, 11) is 2.16. The van der Waals surface area contributed by atoms with Crippen molar-refractivity contribution in [2.45, 2.75) is 6.54 Å². The summed E-state index contributed by atoms with van der Waals surface area (Å²) in [5.74, 6) is 0.0816. The second kappa shape index (κ2) is 8.83. The Labute approximate surface area is 156 Å². The van der Waals surface area contributed by atoms with E-state index < -0.39 is 0 Å². The van der Waals surface area contributed by atoms with E-state index in [4.69, 9.17) is 5.73 Å². The van der Waals surface area contributed by atoms with Gasteiger partial charge in [-0.3, -0.25) is 9.69 Å². The highest BCUT2D eigenvalue weighted by molar-refractivity contribution is 5.95. The van der Waals surface area contributed by atoms with Gasteiger partial charge < -0.3 is 15.5 Å². The number of anilines is 1. The summed E-state index contributed by atoms with van der Waals surface area (Å²) >= 11 is 0. The van der Waals surface area contributed by atoms with E-state index in [1.54, 1.807) is 12.1 Å². The van der Waals surface area contributed by atoms with Crippen molar-refractivity contribution in [1.82, 2.24) is 14.7 Å². The molecule has 0 unspecified atom stereocenters. The van der Waals surface area contributed by atoms with Gasteiger partial charge in [0.2, 0.25) is 0 Å². The molecule has 0 atom stereocenters. The maximum absolute atomic E-state index is 12.6. The quantitative estimate of drug-likeness (QED) is 0.810. The maximum atomic E-state index is 12.6. The van der Waals surface area contributed by atoms with Crippen LogP contribution in [0.15, 0.2) is 54.6 Å². The van der Waals surface area contributed by atoms with Gasteiger partial charge in [0.15, 0.2) is 0 Å². The van der Waals surface area contributed by atoms with Crippen molar-refractivity contribution in [2.24, 2.45) is 0 Å². The van der Waals surface area contributed by atoms with Crippen LogP contribution in [-0.2, 0) is 6.54 Å². The van der Waals surface area contributed by atoms with E-state index in [0.29, 0.717) is 11.3 Å². The fourth-order valence-corrected chi connectivity index (χ4v) is 3.32. The summed E-state index contributed by atoms with van der Waals surface area (Å²) in [6.07, 6.45) is 0. The van der Waals surface area contributed by atoms with Gasteiger partial charge in [0.1, 0.15) is 0 Å². The van der Waals surface area contributed by atoms with E-state index >= 15 is 0 Å². The summed E-state index contributed by atoms with van der Waals surface area (Å²) in [5.41, 5.74) is 8.44. The summed E-state index contributed by atoms with van der Waals surface area (Å²) in [4.78, 5) is 19.3. The van der Waals surface area contributed by atoms with E-state index in [9.17, 15) is 4.79 Å². The molecule has 1 fully saturated rings. The van der Waals surface area contributed by atoms with Crippen molar-refractivity contribution in [3.05, 3.63) is 65.7 Å². The van der Waals surface area contributed by atoms with Crippen molar-refractivity contribution in [1.29, 1.82) is 0 Å². The second-order valence-corrected chi connectivity index (χ2v) is 6.98. The lowest BCUT2D eigenvalue weighted by molar-refractivity contribution is 0.0626. The molecule has 1 saturated heterocycles. The molecule has 0 aliphatic carbocycles. The predicted molar refractivity (Wildman–Crippen MR) is 106 cm³/mol. The van der Waals surface area contributed by atoms with E-state index in [1.165, 1.54) is 5.56 Å². The minimum atomic E-state index is 0.0816. The number of carbonyl (C=O) groups is 1. The fraction of sp³-hybridized carbons (Fsp3) is 0.381. The Hall–Kier alpha value is -2.37. The molecule has 2 N–H and O–H groups in total. The molecule has 0 radical (unpaired) electrons. The Morgan fingerprint density at radius 3 is 2.46 bits per heavy atom. The van der Waals surface area contributed by atoms with Crippen molar-refractivity contribution >= 4 is 11.6 Å². The molecule has 3 rings (SSSR count). The first-order chi connectivity index (χ1) is 12.6. The van der Waals surface area contributed by atoms with Crippen molar-refractivity contribution in [3.63, 3.8) is 0 Å². The molecule has 1 aliphatic heterocycles. The van der Waals surface area contributed by atoms with Gasteiger partial charge in [-0.2, -0.15) is 0 Å². The summed E-state index contributed by atoms with van der Waals surface area (Å²) in [6, 6.07) is 17.8. The maximum Gasteiger partial charge on any atom is 0.254 e. The van der Waals surface area contributed by atoms with Crippen LogP contribution in [0.25, 0.3) is 0 Å². The standard InChI is InChI=1S/C21H28N4O/c1-23(17-18-6-3-2-4-7-18)10-11-24-12-14-25(15-13-24)21(26)19-8-5-9-20(22)16-19/h2-9,16H,10-15,17,22H2,1H3. The summed E-state index contributed by atoms with van der Waals surface area (Å²) in [6.45, 7) is 6.42. The minimum absolute atomic E-state index is 0.0816. The molecule has 0 bridgehead atoms. The number of rotatable bonds is 6. The van der Waals surface area contributed by atoms with Crippen LogP contribution in [0.4, 0.5) is 5.69 Å². The zero-order chi connectivity index (χ0) is 18.4. The number of carbonyl (C=O) groups excluding carboxylic acids is 1. The number of nitrogen functional groups attached to an aromatic ring is 1. The first-order valence-corrected chi connectivity index (χ1v) is 9.21. The molecule has 2 aromatic carbocycles. The lowest BCUT2D eigenvalue weighted by atomic mass is 10.1. The molecule has 5 heteroatoms. The number of hydrogen-bond donors (Lipinski definition) is 1. The number of nitrogens with two attached hydrogens (primary N) is 1. The molecule has 2 aromatic rings. The van der Waals surface area contributed by atoms with Crippen LogP contribution in [0.3, 0.4) is 0 Å². The molecule has 26 heavy (non-hydrogen) atoms. The van der Waals surface area contributed by atoms with E-state index in [2.05, 4.69) is 41.1 Å². The molecule has 1 aliphatic rings. The third kappa shape index (κ3) is 5.07. The highest BCUT2D eigenvalue weighted by Gasteiger charge is 2.22. The molecule has 1 amide bonds. The Morgan fingerprint density at radius 1 is 1.04 bits per heavy atom. The fourth-order valence-electron chi connectivity index (χ4n) is 3.32. The molecule has 0 saturated carbocycles. The van der Waals surface area contributed by atoms with Crippen LogP contribution < -0.4 is 5.73 Å². The summed E-state index contributed by atoms with van der Waals surface area (Å²) < 4.78 is 0. The van der Waals surface area contributed by atoms with Crippen LogP contribution in [0.2, 0.25) is 0 Å². The van der Waals surface area contributed by atoms with Crippen LogP contribution >= 0.6 is 0 Å². The predicted octanol–water partition coefficient (Wildman–Crippen LogP) is 2.16. The monoisotopic (exact) mass is 352 g/mol. The van der Waals surface area contributed by atoms with Gasteiger partial charge in [-0.1, -0.05) is 36.4 Å². The first-order valence-electron chi connectivity index (χ1n) is 9.21. The van der Waals surface area contributed by atoms with Crippen molar-refractivity contribution < 1.29 is 4.79 Å². The van der Waals surface area contributed by atoms with Crippen molar-refractivity contribution in [3.8, 4) is 0 Å². The third-order valence-corrected chi connectivity index (χ3v) is 4.89. The number of nitrogens with zero attached hydrogens (tertiary/aromatic N) is 3. The third-order valence-electron chi connectivity index (χ3n) is 4.89. The number of hydrogen-bond acceptors (Lipinski definition) is 4. The molecular weight excluding hydrogens is 324 g/mol. The Bertz CT molecular complexity index is 711. The van der Waals surface area contributed by atoms with Gasteiger partial charge in [0.25, 0.3) is 5.91 Å². The highest BCUT2D eigenvalue weighted by atomic mass is 16.2. The van der Waals surface area contributed by atoms with Gasteiger partial charge in [-0.25, -0.2) is 0 Å². The highest BCUT2D eigenvalue weighted by Crippen LogP contribution is 2.12. The molecule has 5 nitrogen and oxygen atoms in total. The largest absolute Gasteiger partial charge is 0.399 e. The van der Waals surface area contributed by atoms with E-state index in [0.717, 1.165) is 45.8 Å². The van der Waals surface area contributed by atoms with Gasteiger partial charge in [-0.15, -0.1) is 0 Å². The number of benzene rings is 2. The molecule has 1 heterocycles. The molecule has 0 spiro atoms. The number of likely N-dealkylation sites (N-methyl/N-ethyl adjacent to an activating group) is 1. The SMILES string of the molecule is CN(CCN1CCN(C(=O)c2cccc(N)c2)CC1)Cc1ccccc1. The van der Waals surface area contributed by atoms with Crippen LogP contribution in [0.5, 0.6) is 0 Å². The zero-order valence-corrected chi connectivity index (χ0v) is 15.5. The average molecular weight is 352 g/mol. The molecular formula is C21H28N4O. The Morgan fingerprint density at radius 2 is 1.77 bits per heavy atom. The van der Waals surface area contributed by atoms with E-state index in [-0.39, 0.29) is 5.91 Å². The topological polar surface area (TPSA) is 52.8 Å². The zero-order valence-electron chi connectivity index (χ0n) is 15.5. The van der Waals surface area contributed by atoms with Crippen molar-refractivity contribution in [2.75, 3.05) is 52.0 Å². The van der Waals surface area contributed by atoms with E-state index in [1.807, 2.05) is 23.1 Å². The lowest BCUT2D eigenvalue weighted by Crippen LogP contribution is -2.50. The average Bonchev–Trinajstić information content (AvgIpc) is 2.67. The van der Waals surface area contributed by atoms with Crippen LogP contribution in [0, 0.1) is 0 Å². The smallest absolute Gasteiger partial charge is 0.254 e. The van der Waals surface area contributed by atoms with Gasteiger partial charge >= 0.3 is 0 Å². The molecule has 0 aromatic heterocycles. The first kappa shape index (κ1) is 18.4. The van der Waals surface area contributed by atoms with Crippen LogP contribution in [-0.4, -0.2) is 66.9 Å². The second-order valence-electron chi connectivity index (χ2n) is 6.98.